The van der Waals surface area contributed by atoms with Gasteiger partial charge in [0.1, 0.15) is 6.54 Å². The second-order valence-electron chi connectivity index (χ2n) is 7.00. The van der Waals surface area contributed by atoms with Crippen LogP contribution < -0.4 is 10.2 Å². The van der Waals surface area contributed by atoms with E-state index in [9.17, 15) is 14.4 Å². The van der Waals surface area contributed by atoms with Crippen molar-refractivity contribution in [2.24, 2.45) is 10.3 Å². The van der Waals surface area contributed by atoms with Gasteiger partial charge in [0.05, 0.1) is 16.4 Å². The van der Waals surface area contributed by atoms with Crippen molar-refractivity contribution in [1.29, 1.82) is 0 Å². The largest absolute Gasteiger partial charge is 0.323 e. The molecular formula is C20H18ClN5O3. The number of nitrogens with zero attached hydrogens (tertiary/aromatic N) is 4. The number of amides is 3. The first-order chi connectivity index (χ1) is 13.9. The van der Waals surface area contributed by atoms with Crippen molar-refractivity contribution in [2.45, 2.75) is 25.9 Å². The first-order valence-corrected chi connectivity index (χ1v) is 9.41. The fourth-order valence-electron chi connectivity index (χ4n) is 3.37. The van der Waals surface area contributed by atoms with Gasteiger partial charge in [-0.25, -0.2) is 4.90 Å². The molecule has 4 rings (SSSR count). The number of para-hydroxylation sites is 1. The number of imide groups is 1. The number of rotatable bonds is 4. The van der Waals surface area contributed by atoms with Crippen molar-refractivity contribution in [3.63, 3.8) is 0 Å². The normalized spacial score (nSPS) is 20.4. The molecule has 2 atom stereocenters. The summed E-state index contributed by atoms with van der Waals surface area (Å²) in [5.74, 6) is -1.30. The van der Waals surface area contributed by atoms with E-state index in [1.807, 2.05) is 19.9 Å². The van der Waals surface area contributed by atoms with Crippen LogP contribution in [-0.4, -0.2) is 41.4 Å². The number of aryl methyl sites for hydroxylation is 2. The molecule has 0 aromatic heterocycles. The Morgan fingerprint density at radius 3 is 2.59 bits per heavy atom. The molecule has 2 aromatic rings. The van der Waals surface area contributed by atoms with Crippen LogP contribution in [0.5, 0.6) is 0 Å². The molecule has 1 saturated heterocycles. The number of nitrogens with one attached hydrogen (secondary N) is 1. The maximum Gasteiger partial charge on any atom is 0.263 e. The molecule has 2 heterocycles. The molecule has 148 valence electrons. The molecule has 0 spiro atoms. The van der Waals surface area contributed by atoms with E-state index in [2.05, 4.69) is 15.7 Å². The minimum Gasteiger partial charge on any atom is -0.323 e. The molecule has 0 radical (unpaired) electrons. The molecule has 3 amide bonds. The summed E-state index contributed by atoms with van der Waals surface area (Å²) in [6.45, 7) is 3.64. The van der Waals surface area contributed by atoms with Crippen molar-refractivity contribution < 1.29 is 14.4 Å². The lowest BCUT2D eigenvalue weighted by Gasteiger charge is -2.20. The van der Waals surface area contributed by atoms with Crippen LogP contribution >= 0.6 is 11.6 Å². The van der Waals surface area contributed by atoms with E-state index < -0.39 is 29.8 Å². The minimum atomic E-state index is -0.947. The molecule has 1 N–H and O–H groups in total. The van der Waals surface area contributed by atoms with Crippen LogP contribution in [0.4, 0.5) is 11.4 Å². The molecular weight excluding hydrogens is 394 g/mol. The lowest BCUT2D eigenvalue weighted by atomic mass is 10.1. The third-order valence-electron chi connectivity index (χ3n) is 5.06. The van der Waals surface area contributed by atoms with E-state index in [0.717, 1.165) is 16.0 Å². The number of hydrogen-bond acceptors (Lipinski definition) is 6. The molecule has 0 bridgehead atoms. The Hall–Kier alpha value is -3.26. The van der Waals surface area contributed by atoms with Gasteiger partial charge in [-0.05, 0) is 49.2 Å². The van der Waals surface area contributed by atoms with Gasteiger partial charge in [-0.15, -0.1) is 0 Å². The summed E-state index contributed by atoms with van der Waals surface area (Å²) >= 11 is 6.05. The predicted octanol–water partition coefficient (Wildman–Crippen LogP) is 2.89. The Balaban J connectivity index is 1.51. The van der Waals surface area contributed by atoms with Gasteiger partial charge in [0.15, 0.2) is 12.1 Å². The van der Waals surface area contributed by atoms with Gasteiger partial charge >= 0.3 is 0 Å². The number of halogens is 1. The van der Waals surface area contributed by atoms with Crippen LogP contribution in [0.1, 0.15) is 11.1 Å². The first kappa shape index (κ1) is 19.1. The quantitative estimate of drug-likeness (QED) is 0.782. The number of fused-ring (bicyclic) bond motifs is 1. The van der Waals surface area contributed by atoms with E-state index in [0.29, 0.717) is 16.4 Å². The standard InChI is InChI=1S/C20H18ClN5O3/c1-11-7-8-13(9-12(11)2)26-19(28)17-18(20(26)29)25(24-23-17)10-16(27)22-15-6-4-3-5-14(15)21/h3-9,17-18H,10H2,1-2H3,(H,22,27)/t17-,18-/m1/s1. The lowest BCUT2D eigenvalue weighted by molar-refractivity contribution is -0.123. The average Bonchev–Trinajstić information content (AvgIpc) is 3.20. The Bertz CT molecular complexity index is 1050. The predicted molar refractivity (Wildman–Crippen MR) is 108 cm³/mol. The Kier molecular flexibility index (Phi) is 4.79. The molecule has 1 fully saturated rings. The molecule has 0 saturated carbocycles. The number of carbonyl (C=O) groups is 3. The van der Waals surface area contributed by atoms with Crippen LogP contribution in [0.25, 0.3) is 0 Å². The number of anilines is 2. The zero-order valence-electron chi connectivity index (χ0n) is 15.8. The zero-order chi connectivity index (χ0) is 20.7. The number of benzene rings is 2. The summed E-state index contributed by atoms with van der Waals surface area (Å²) in [6.07, 6.45) is 0. The highest BCUT2D eigenvalue weighted by atomic mass is 35.5. The maximum absolute atomic E-state index is 13.0. The topological polar surface area (TPSA) is 94.4 Å². The monoisotopic (exact) mass is 411 g/mol. The molecule has 0 aliphatic carbocycles. The smallest absolute Gasteiger partial charge is 0.263 e. The highest BCUT2D eigenvalue weighted by molar-refractivity contribution is 6.33. The Morgan fingerprint density at radius 2 is 1.86 bits per heavy atom. The number of carbonyl (C=O) groups excluding carboxylic acids is 3. The highest BCUT2D eigenvalue weighted by Gasteiger charge is 2.55. The van der Waals surface area contributed by atoms with Gasteiger partial charge < -0.3 is 5.32 Å². The first-order valence-electron chi connectivity index (χ1n) is 9.03. The van der Waals surface area contributed by atoms with E-state index in [4.69, 9.17) is 11.6 Å². The summed E-state index contributed by atoms with van der Waals surface area (Å²) in [4.78, 5) is 39.3. The minimum absolute atomic E-state index is 0.227. The highest BCUT2D eigenvalue weighted by Crippen LogP contribution is 2.32. The van der Waals surface area contributed by atoms with Crippen molar-refractivity contribution in [3.05, 3.63) is 58.6 Å². The van der Waals surface area contributed by atoms with Gasteiger partial charge in [0.25, 0.3) is 11.8 Å². The fourth-order valence-corrected chi connectivity index (χ4v) is 3.56. The second-order valence-corrected chi connectivity index (χ2v) is 7.41. The molecule has 0 unspecified atom stereocenters. The summed E-state index contributed by atoms with van der Waals surface area (Å²) < 4.78 is 0. The van der Waals surface area contributed by atoms with Gasteiger partial charge in [-0.2, -0.15) is 5.11 Å². The van der Waals surface area contributed by atoms with Crippen LogP contribution in [-0.2, 0) is 14.4 Å². The van der Waals surface area contributed by atoms with E-state index in [1.54, 1.807) is 36.4 Å². The van der Waals surface area contributed by atoms with E-state index >= 15 is 0 Å². The molecule has 8 nitrogen and oxygen atoms in total. The molecule has 9 heteroatoms. The number of hydrogen-bond donors (Lipinski definition) is 1. The fraction of sp³-hybridized carbons (Fsp3) is 0.250. The maximum atomic E-state index is 13.0. The third kappa shape index (κ3) is 3.36. The van der Waals surface area contributed by atoms with Crippen molar-refractivity contribution in [2.75, 3.05) is 16.8 Å². The summed E-state index contributed by atoms with van der Waals surface area (Å²) in [7, 11) is 0. The summed E-state index contributed by atoms with van der Waals surface area (Å²) in [5, 5.41) is 12.1. The zero-order valence-corrected chi connectivity index (χ0v) is 16.6. The van der Waals surface area contributed by atoms with Gasteiger partial charge in [-0.3, -0.25) is 19.4 Å². The third-order valence-corrected chi connectivity index (χ3v) is 5.39. The molecule has 2 aliphatic heterocycles. The van der Waals surface area contributed by atoms with Crippen LogP contribution in [0.2, 0.25) is 5.02 Å². The second kappa shape index (κ2) is 7.29. The van der Waals surface area contributed by atoms with Gasteiger partial charge in [0, 0.05) is 0 Å². The van der Waals surface area contributed by atoms with Crippen LogP contribution in [0.3, 0.4) is 0 Å². The molecule has 29 heavy (non-hydrogen) atoms. The lowest BCUT2D eigenvalue weighted by Crippen LogP contribution is -2.43. The Morgan fingerprint density at radius 1 is 1.10 bits per heavy atom. The van der Waals surface area contributed by atoms with Gasteiger partial charge in [-0.1, -0.05) is 35.0 Å². The van der Waals surface area contributed by atoms with Crippen LogP contribution in [0.15, 0.2) is 52.8 Å². The summed E-state index contributed by atoms with van der Waals surface area (Å²) in [6, 6.07) is 10.3. The average molecular weight is 412 g/mol. The van der Waals surface area contributed by atoms with E-state index in [-0.39, 0.29) is 6.54 Å². The molecule has 2 aliphatic rings. The molecule has 2 aromatic carbocycles. The van der Waals surface area contributed by atoms with Crippen molar-refractivity contribution in [1.82, 2.24) is 5.01 Å². The van der Waals surface area contributed by atoms with Crippen molar-refractivity contribution >= 4 is 40.7 Å². The van der Waals surface area contributed by atoms with Crippen molar-refractivity contribution in [3.8, 4) is 0 Å². The Labute approximate surface area is 172 Å². The SMILES string of the molecule is Cc1ccc(N2C(=O)[C@@H]3N=NN(CC(=O)Nc4ccccc4Cl)[C@H]3C2=O)cc1C. The van der Waals surface area contributed by atoms with Crippen LogP contribution in [0, 0.1) is 13.8 Å². The van der Waals surface area contributed by atoms with E-state index in [1.165, 1.54) is 5.01 Å². The van der Waals surface area contributed by atoms with Gasteiger partial charge in [0.2, 0.25) is 5.91 Å². The summed E-state index contributed by atoms with van der Waals surface area (Å²) in [5.41, 5.74) is 2.98.